The topological polar surface area (TPSA) is 28.2 Å². The van der Waals surface area contributed by atoms with Gasteiger partial charge in [0, 0.05) is 31.4 Å². The van der Waals surface area contributed by atoms with Crippen LogP contribution in [0.1, 0.15) is 52.2 Å². The SMILES string of the molecule is Cc1cc(CNC(C)(C)C)cnc1N1CCC(C(C)C)C1. The quantitative estimate of drug-likeness (QED) is 0.914. The van der Waals surface area contributed by atoms with Gasteiger partial charge in [0.15, 0.2) is 0 Å². The van der Waals surface area contributed by atoms with Crippen LogP contribution in [0, 0.1) is 18.8 Å². The Morgan fingerprint density at radius 2 is 2.10 bits per heavy atom. The first kappa shape index (κ1) is 16.3. The van der Waals surface area contributed by atoms with E-state index >= 15 is 0 Å². The molecule has 0 aliphatic carbocycles. The third kappa shape index (κ3) is 4.44. The molecule has 0 saturated carbocycles. The molecule has 0 radical (unpaired) electrons. The fraction of sp³-hybridized carbons (Fsp3) is 0.722. The van der Waals surface area contributed by atoms with E-state index in [1.54, 1.807) is 0 Å². The van der Waals surface area contributed by atoms with Crippen LogP contribution in [0.5, 0.6) is 0 Å². The van der Waals surface area contributed by atoms with E-state index in [1.807, 2.05) is 6.20 Å². The highest BCUT2D eigenvalue weighted by atomic mass is 15.2. The number of aromatic nitrogens is 1. The molecule has 3 nitrogen and oxygen atoms in total. The summed E-state index contributed by atoms with van der Waals surface area (Å²) in [4.78, 5) is 7.20. The molecule has 118 valence electrons. The normalized spacial score (nSPS) is 19.6. The van der Waals surface area contributed by atoms with Crippen LogP contribution in [0.25, 0.3) is 0 Å². The Labute approximate surface area is 130 Å². The van der Waals surface area contributed by atoms with Crippen molar-refractivity contribution in [1.82, 2.24) is 10.3 Å². The Morgan fingerprint density at radius 1 is 1.38 bits per heavy atom. The van der Waals surface area contributed by atoms with Crippen molar-refractivity contribution in [2.75, 3.05) is 18.0 Å². The second-order valence-corrected chi connectivity index (χ2v) is 7.83. The molecule has 1 fully saturated rings. The summed E-state index contributed by atoms with van der Waals surface area (Å²) >= 11 is 0. The highest BCUT2D eigenvalue weighted by Gasteiger charge is 2.26. The molecule has 0 amide bonds. The standard InChI is InChI=1S/C18H31N3/c1-13(2)16-7-8-21(12-16)17-14(3)9-15(10-19-17)11-20-18(4,5)6/h9-10,13,16,20H,7-8,11-12H2,1-6H3. The van der Waals surface area contributed by atoms with Gasteiger partial charge in [-0.1, -0.05) is 13.8 Å². The van der Waals surface area contributed by atoms with Crippen LogP contribution in [0.2, 0.25) is 0 Å². The van der Waals surface area contributed by atoms with Gasteiger partial charge in [-0.15, -0.1) is 0 Å². The molecule has 3 heteroatoms. The predicted octanol–water partition coefficient (Wildman–Crippen LogP) is 3.76. The first-order valence-corrected chi connectivity index (χ1v) is 8.22. The lowest BCUT2D eigenvalue weighted by molar-refractivity contribution is 0.422. The van der Waals surface area contributed by atoms with Gasteiger partial charge in [-0.25, -0.2) is 4.98 Å². The lowest BCUT2D eigenvalue weighted by Gasteiger charge is -2.23. The van der Waals surface area contributed by atoms with Gasteiger partial charge in [0.1, 0.15) is 5.82 Å². The molecule has 1 saturated heterocycles. The van der Waals surface area contributed by atoms with Crippen LogP contribution in [-0.2, 0) is 6.54 Å². The van der Waals surface area contributed by atoms with Gasteiger partial charge in [0.25, 0.3) is 0 Å². The summed E-state index contributed by atoms with van der Waals surface area (Å²) in [6.07, 6.45) is 3.33. The molecule has 1 aromatic rings. The Kier molecular flexibility index (Phi) is 4.92. The van der Waals surface area contributed by atoms with Crippen molar-refractivity contribution in [3.8, 4) is 0 Å². The molecule has 2 rings (SSSR count). The molecule has 21 heavy (non-hydrogen) atoms. The van der Waals surface area contributed by atoms with E-state index in [2.05, 4.69) is 57.8 Å². The first-order valence-electron chi connectivity index (χ1n) is 8.22. The van der Waals surface area contributed by atoms with Gasteiger partial charge in [-0.3, -0.25) is 0 Å². The summed E-state index contributed by atoms with van der Waals surface area (Å²) < 4.78 is 0. The summed E-state index contributed by atoms with van der Waals surface area (Å²) in [6.45, 7) is 16.6. The summed E-state index contributed by atoms with van der Waals surface area (Å²) in [7, 11) is 0. The zero-order chi connectivity index (χ0) is 15.6. The van der Waals surface area contributed by atoms with Crippen molar-refractivity contribution in [2.24, 2.45) is 11.8 Å². The molecule has 0 aromatic carbocycles. The highest BCUT2D eigenvalue weighted by Crippen LogP contribution is 2.29. The van der Waals surface area contributed by atoms with Gasteiger partial charge in [0.2, 0.25) is 0 Å². The molecule has 1 N–H and O–H groups in total. The van der Waals surface area contributed by atoms with Gasteiger partial charge >= 0.3 is 0 Å². The summed E-state index contributed by atoms with van der Waals surface area (Å²) in [5, 5.41) is 3.52. The van der Waals surface area contributed by atoms with E-state index in [-0.39, 0.29) is 5.54 Å². The number of anilines is 1. The maximum absolute atomic E-state index is 4.74. The molecule has 2 heterocycles. The van der Waals surface area contributed by atoms with Crippen LogP contribution in [0.15, 0.2) is 12.3 Å². The summed E-state index contributed by atoms with van der Waals surface area (Å²) in [5.41, 5.74) is 2.71. The van der Waals surface area contributed by atoms with Gasteiger partial charge < -0.3 is 10.2 Å². The third-order valence-electron chi connectivity index (χ3n) is 4.40. The Balaban J connectivity index is 2.03. The summed E-state index contributed by atoms with van der Waals surface area (Å²) in [5.74, 6) is 2.76. The van der Waals surface area contributed by atoms with Crippen molar-refractivity contribution in [3.05, 3.63) is 23.4 Å². The Morgan fingerprint density at radius 3 is 2.62 bits per heavy atom. The molecule has 1 atom stereocenters. The molecule has 1 aliphatic rings. The molecule has 1 unspecified atom stereocenters. The minimum Gasteiger partial charge on any atom is -0.356 e. The smallest absolute Gasteiger partial charge is 0.131 e. The van der Waals surface area contributed by atoms with E-state index in [4.69, 9.17) is 4.98 Å². The zero-order valence-electron chi connectivity index (χ0n) is 14.5. The van der Waals surface area contributed by atoms with Crippen LogP contribution >= 0.6 is 0 Å². The third-order valence-corrected chi connectivity index (χ3v) is 4.40. The minimum atomic E-state index is 0.145. The van der Waals surface area contributed by atoms with Gasteiger partial charge in [-0.2, -0.15) is 0 Å². The minimum absolute atomic E-state index is 0.145. The van der Waals surface area contributed by atoms with E-state index in [0.29, 0.717) is 0 Å². The van der Waals surface area contributed by atoms with E-state index in [1.165, 1.54) is 23.4 Å². The number of nitrogens with one attached hydrogen (secondary N) is 1. The predicted molar refractivity (Wildman–Crippen MR) is 90.7 cm³/mol. The lowest BCUT2D eigenvalue weighted by Crippen LogP contribution is -2.35. The van der Waals surface area contributed by atoms with E-state index in [9.17, 15) is 0 Å². The molecule has 0 bridgehead atoms. The second kappa shape index (κ2) is 6.35. The Hall–Kier alpha value is -1.09. The lowest BCUT2D eigenvalue weighted by atomic mass is 9.95. The molecule has 1 aromatic heterocycles. The molecule has 1 aliphatic heterocycles. The number of nitrogens with zero attached hydrogens (tertiary/aromatic N) is 2. The maximum Gasteiger partial charge on any atom is 0.131 e. The van der Waals surface area contributed by atoms with E-state index < -0.39 is 0 Å². The largest absolute Gasteiger partial charge is 0.356 e. The van der Waals surface area contributed by atoms with Crippen molar-refractivity contribution >= 4 is 5.82 Å². The molecular formula is C18H31N3. The van der Waals surface area contributed by atoms with Crippen LogP contribution in [-0.4, -0.2) is 23.6 Å². The van der Waals surface area contributed by atoms with Crippen LogP contribution in [0.3, 0.4) is 0 Å². The average Bonchev–Trinajstić information content (AvgIpc) is 2.85. The summed E-state index contributed by atoms with van der Waals surface area (Å²) in [6, 6.07) is 2.28. The zero-order valence-corrected chi connectivity index (χ0v) is 14.5. The van der Waals surface area contributed by atoms with Gasteiger partial charge in [-0.05, 0) is 63.1 Å². The maximum atomic E-state index is 4.74. The van der Waals surface area contributed by atoms with Crippen LogP contribution < -0.4 is 10.2 Å². The van der Waals surface area contributed by atoms with Crippen molar-refractivity contribution in [1.29, 1.82) is 0 Å². The number of hydrogen-bond acceptors (Lipinski definition) is 3. The highest BCUT2D eigenvalue weighted by molar-refractivity contribution is 5.48. The molecule has 0 spiro atoms. The Bertz CT molecular complexity index is 474. The average molecular weight is 289 g/mol. The number of pyridine rings is 1. The number of hydrogen-bond donors (Lipinski definition) is 1. The number of rotatable bonds is 4. The first-order chi connectivity index (χ1) is 9.76. The van der Waals surface area contributed by atoms with Crippen LogP contribution in [0.4, 0.5) is 5.82 Å². The second-order valence-electron chi connectivity index (χ2n) is 7.83. The molecular weight excluding hydrogens is 258 g/mol. The van der Waals surface area contributed by atoms with Crippen molar-refractivity contribution in [3.63, 3.8) is 0 Å². The van der Waals surface area contributed by atoms with Gasteiger partial charge in [0.05, 0.1) is 0 Å². The van der Waals surface area contributed by atoms with Crippen molar-refractivity contribution < 1.29 is 0 Å². The number of aryl methyl sites for hydroxylation is 1. The fourth-order valence-electron chi connectivity index (χ4n) is 2.94. The van der Waals surface area contributed by atoms with Crippen molar-refractivity contribution in [2.45, 2.75) is 60.0 Å². The fourth-order valence-corrected chi connectivity index (χ4v) is 2.94. The van der Waals surface area contributed by atoms with E-state index in [0.717, 1.165) is 31.5 Å². The monoisotopic (exact) mass is 289 g/mol.